The molecule has 0 fully saturated rings. The molecule has 0 saturated carbocycles. The summed E-state index contributed by atoms with van der Waals surface area (Å²) >= 11 is 27.6. The van der Waals surface area contributed by atoms with E-state index < -0.39 is 0 Å². The van der Waals surface area contributed by atoms with Crippen LogP contribution in [-0.4, -0.2) is 72.3 Å². The predicted octanol–water partition coefficient (Wildman–Crippen LogP) is 11.7. The van der Waals surface area contributed by atoms with E-state index in [1.54, 1.807) is 36.5 Å². The second-order valence-electron chi connectivity index (χ2n) is 14.1. The van der Waals surface area contributed by atoms with Gasteiger partial charge in [-0.05, 0) is 63.3 Å². The molecule has 4 aromatic carbocycles. The van der Waals surface area contributed by atoms with E-state index in [9.17, 15) is 14.7 Å². The van der Waals surface area contributed by atoms with Gasteiger partial charge in [-0.15, -0.1) is 0 Å². The molecule has 10 nitrogen and oxygen atoms in total. The number of benzene rings is 4. The van der Waals surface area contributed by atoms with Crippen LogP contribution in [0.1, 0.15) is 47.6 Å². The molecule has 2 heterocycles. The van der Waals surface area contributed by atoms with E-state index >= 15 is 0 Å². The maximum atomic E-state index is 12.0. The molecule has 6 aromatic rings. The van der Waals surface area contributed by atoms with Gasteiger partial charge in [0.15, 0.2) is 10.3 Å². The van der Waals surface area contributed by atoms with Crippen molar-refractivity contribution in [3.8, 4) is 22.5 Å². The normalized spacial score (nSPS) is 10.9. The molecule has 0 aliphatic rings. The lowest BCUT2D eigenvalue weighted by Gasteiger charge is -2.21. The van der Waals surface area contributed by atoms with Crippen molar-refractivity contribution in [2.24, 2.45) is 0 Å². The Hall–Kier alpha value is -4.24. The van der Waals surface area contributed by atoms with Crippen LogP contribution in [-0.2, 0) is 45.3 Å². The minimum absolute atomic E-state index is 0.149. The van der Waals surface area contributed by atoms with Crippen LogP contribution in [0.5, 0.6) is 0 Å². The van der Waals surface area contributed by atoms with E-state index in [0.717, 1.165) is 49.4 Å². The maximum Gasteiger partial charge on any atom is 0.307 e. The zero-order chi connectivity index (χ0) is 44.6. The summed E-state index contributed by atoms with van der Waals surface area (Å²) in [6.07, 6.45) is 0.544. The van der Waals surface area contributed by atoms with Crippen molar-refractivity contribution in [3.05, 3.63) is 138 Å². The van der Waals surface area contributed by atoms with Crippen LogP contribution in [0.4, 0.5) is 10.3 Å². The summed E-state index contributed by atoms with van der Waals surface area (Å²) in [4.78, 5) is 41.8. The molecular weight excluding hydrogens is 908 g/mol. The van der Waals surface area contributed by atoms with Gasteiger partial charge in [0, 0.05) is 48.7 Å². The summed E-state index contributed by atoms with van der Waals surface area (Å²) in [5.74, 6) is -0.459. The van der Waals surface area contributed by atoms with E-state index in [1.807, 2.05) is 92.6 Å². The zero-order valence-electron chi connectivity index (χ0n) is 35.0. The van der Waals surface area contributed by atoms with Crippen LogP contribution in [0.3, 0.4) is 0 Å². The Balaban J connectivity index is 0.000000235. The molecule has 1 N–H and O–H groups in total. The topological polar surface area (TPSA) is 108 Å². The number of rotatable bonds is 19. The van der Waals surface area contributed by atoms with Gasteiger partial charge in [-0.2, -0.15) is 0 Å². The quantitative estimate of drug-likeness (QED) is 0.0789. The number of aliphatic hydroxyl groups is 1. The summed E-state index contributed by atoms with van der Waals surface area (Å²) in [6.45, 7) is 7.13. The van der Waals surface area contributed by atoms with Crippen molar-refractivity contribution >= 4 is 91.3 Å². The highest BCUT2D eigenvalue weighted by Crippen LogP contribution is 2.38. The van der Waals surface area contributed by atoms with Crippen molar-refractivity contribution < 1.29 is 24.2 Å². The Labute approximate surface area is 391 Å². The second-order valence-corrected chi connectivity index (χ2v) is 17.9. The van der Waals surface area contributed by atoms with Crippen LogP contribution in [0, 0.1) is 0 Å². The maximum absolute atomic E-state index is 12.0. The van der Waals surface area contributed by atoms with Crippen LogP contribution >= 0.6 is 69.1 Å². The summed E-state index contributed by atoms with van der Waals surface area (Å²) in [5.41, 5.74) is 5.48. The van der Waals surface area contributed by atoms with Gasteiger partial charge in [0.25, 0.3) is 0 Å². The molecule has 0 atom stereocenters. The fraction of sp³-hybridized carbons (Fsp3) is 0.304. The Kier molecular flexibility index (Phi) is 19.3. The Bertz CT molecular complexity index is 2370. The number of aliphatic hydroxyl groups excluding tert-OH is 1. The van der Waals surface area contributed by atoms with Crippen LogP contribution in [0.15, 0.2) is 97.1 Å². The van der Waals surface area contributed by atoms with E-state index in [1.165, 1.54) is 11.3 Å². The van der Waals surface area contributed by atoms with E-state index in [4.69, 9.17) is 65.8 Å². The highest BCUT2D eigenvalue weighted by atomic mass is 35.5. The van der Waals surface area contributed by atoms with Gasteiger partial charge in [-0.1, -0.05) is 142 Å². The van der Waals surface area contributed by atoms with Crippen LogP contribution < -0.4 is 9.80 Å². The van der Waals surface area contributed by atoms with Crippen molar-refractivity contribution in [3.63, 3.8) is 0 Å². The zero-order valence-corrected chi connectivity index (χ0v) is 39.6. The first-order chi connectivity index (χ1) is 29.9. The SMILES string of the molecule is CCOC(=O)CCN(Cc1ccccc1)c1nc(-c2ccc(Cl)c(Cl)c2)c(CN(C)C)s1.CCOC(=O)CCN(Cc1ccccc1)c1nc(-c2ccc(Cl)c(Cl)c2)c(CO)s1. The first-order valence-corrected chi connectivity index (χ1v) is 23.1. The smallest absolute Gasteiger partial charge is 0.307 e. The standard InChI is InChI=1S/C24H27Cl2N3O2S.C22H22Cl2N2O3S/c1-4-31-22(30)12-13-29(15-17-8-6-5-7-9-17)24-27-23(21(32-24)16-28(2)3)18-10-11-19(25)20(26)14-18;1-2-29-20(28)10-11-26(13-15-6-4-3-5-7-15)22-25-21(19(14-27)30-22)16-8-9-17(23)18(24)12-16/h5-11,14H,4,12-13,15-16H2,1-3H3;3-9,12,27H,2,10-11,13-14H2,1H3. The molecule has 16 heteroatoms. The van der Waals surface area contributed by atoms with Crippen molar-refractivity contribution in [2.75, 3.05) is 50.2 Å². The third kappa shape index (κ3) is 14.4. The van der Waals surface area contributed by atoms with Crippen LogP contribution in [0.2, 0.25) is 20.1 Å². The second kappa shape index (κ2) is 24.6. The number of ether oxygens (including phenoxy) is 2. The largest absolute Gasteiger partial charge is 0.466 e. The summed E-state index contributed by atoms with van der Waals surface area (Å²) in [5, 5.41) is 13.4. The average Bonchev–Trinajstić information content (AvgIpc) is 3.89. The number of anilines is 2. The number of aromatic nitrogens is 2. The lowest BCUT2D eigenvalue weighted by molar-refractivity contribution is -0.143. The van der Waals surface area contributed by atoms with Gasteiger partial charge in [0.1, 0.15) is 0 Å². The summed E-state index contributed by atoms with van der Waals surface area (Å²) in [6, 6.07) is 31.0. The minimum atomic E-state index is -0.251. The average molecular weight is 958 g/mol. The fourth-order valence-electron chi connectivity index (χ4n) is 6.20. The molecular formula is C46H49Cl4N5O5S2. The lowest BCUT2D eigenvalue weighted by Crippen LogP contribution is -2.26. The monoisotopic (exact) mass is 955 g/mol. The number of esters is 2. The summed E-state index contributed by atoms with van der Waals surface area (Å²) in [7, 11) is 4.06. The van der Waals surface area contributed by atoms with Crippen LogP contribution in [0.25, 0.3) is 22.5 Å². The highest BCUT2D eigenvalue weighted by Gasteiger charge is 2.22. The highest BCUT2D eigenvalue weighted by molar-refractivity contribution is 7.16. The number of hydrogen-bond donors (Lipinski definition) is 1. The molecule has 0 radical (unpaired) electrons. The number of halogens is 4. The van der Waals surface area contributed by atoms with Crippen molar-refractivity contribution in [1.29, 1.82) is 0 Å². The number of carbonyl (C=O) groups excluding carboxylic acids is 2. The summed E-state index contributed by atoms with van der Waals surface area (Å²) < 4.78 is 10.2. The van der Waals surface area contributed by atoms with E-state index in [0.29, 0.717) is 76.7 Å². The molecule has 0 spiro atoms. The molecule has 0 aliphatic heterocycles. The van der Waals surface area contributed by atoms with Gasteiger partial charge in [-0.3, -0.25) is 9.59 Å². The predicted molar refractivity (Wildman–Crippen MR) is 256 cm³/mol. The number of carbonyl (C=O) groups is 2. The molecule has 6 rings (SSSR count). The van der Waals surface area contributed by atoms with Gasteiger partial charge in [-0.25, -0.2) is 9.97 Å². The van der Waals surface area contributed by atoms with E-state index in [2.05, 4.69) is 21.9 Å². The minimum Gasteiger partial charge on any atom is -0.466 e. The Morgan fingerprint density at radius 3 is 1.40 bits per heavy atom. The van der Waals surface area contributed by atoms with E-state index in [-0.39, 0.29) is 25.0 Å². The number of nitrogens with zero attached hydrogens (tertiary/aromatic N) is 5. The van der Waals surface area contributed by atoms with Gasteiger partial charge in [0.2, 0.25) is 0 Å². The molecule has 0 aliphatic carbocycles. The van der Waals surface area contributed by atoms with Crippen molar-refractivity contribution in [2.45, 2.75) is 52.9 Å². The molecule has 2 aromatic heterocycles. The first kappa shape index (κ1) is 48.8. The molecule has 0 amide bonds. The molecule has 0 saturated heterocycles. The molecule has 62 heavy (non-hydrogen) atoms. The molecule has 0 unspecified atom stereocenters. The number of hydrogen-bond acceptors (Lipinski definition) is 12. The third-order valence-corrected chi connectivity index (χ3v) is 12.8. The fourth-order valence-corrected chi connectivity index (χ4v) is 8.99. The Morgan fingerprint density at radius 1 is 0.597 bits per heavy atom. The lowest BCUT2D eigenvalue weighted by atomic mass is 10.1. The Morgan fingerprint density at radius 2 is 1.02 bits per heavy atom. The van der Waals surface area contributed by atoms with Gasteiger partial charge < -0.3 is 29.3 Å². The first-order valence-electron chi connectivity index (χ1n) is 19.9. The van der Waals surface area contributed by atoms with Gasteiger partial charge in [0.05, 0.1) is 69.0 Å². The molecule has 0 bridgehead atoms. The number of thiazole rings is 2. The molecule has 328 valence electrons. The van der Waals surface area contributed by atoms with Crippen molar-refractivity contribution in [1.82, 2.24) is 14.9 Å². The third-order valence-electron chi connectivity index (χ3n) is 9.12. The van der Waals surface area contributed by atoms with Gasteiger partial charge >= 0.3 is 11.9 Å².